The van der Waals surface area contributed by atoms with Gasteiger partial charge in [0.15, 0.2) is 0 Å². The number of imide groups is 1. The van der Waals surface area contributed by atoms with Gasteiger partial charge in [-0.2, -0.15) is 0 Å². The van der Waals surface area contributed by atoms with Crippen LogP contribution in [0.15, 0.2) is 42.5 Å². The molecule has 2 amide bonds. The van der Waals surface area contributed by atoms with E-state index in [1.54, 1.807) is 18.2 Å². The smallest absolute Gasteiger partial charge is 0.256 e. The van der Waals surface area contributed by atoms with Crippen molar-refractivity contribution < 1.29 is 14.3 Å². The van der Waals surface area contributed by atoms with Crippen LogP contribution in [0.5, 0.6) is 5.75 Å². The number of rotatable bonds is 5. The van der Waals surface area contributed by atoms with Gasteiger partial charge in [0.1, 0.15) is 11.8 Å². The van der Waals surface area contributed by atoms with Gasteiger partial charge in [-0.25, -0.2) is 4.90 Å². The van der Waals surface area contributed by atoms with E-state index in [2.05, 4.69) is 5.32 Å². The van der Waals surface area contributed by atoms with Gasteiger partial charge in [-0.3, -0.25) is 9.59 Å². The van der Waals surface area contributed by atoms with E-state index < -0.39 is 6.04 Å². The summed E-state index contributed by atoms with van der Waals surface area (Å²) in [4.78, 5) is 26.6. The second kappa shape index (κ2) is 6.97. The molecule has 1 heterocycles. The first-order chi connectivity index (χ1) is 12.0. The van der Waals surface area contributed by atoms with Crippen LogP contribution in [0.4, 0.5) is 11.4 Å². The number of ether oxygens (including phenoxy) is 1. The minimum Gasteiger partial charge on any atom is -0.492 e. The first-order valence-corrected chi connectivity index (χ1v) is 8.43. The van der Waals surface area contributed by atoms with Crippen LogP contribution in [-0.4, -0.2) is 24.5 Å². The minimum atomic E-state index is -0.567. The summed E-state index contributed by atoms with van der Waals surface area (Å²) in [5.41, 5.74) is 3.53. The van der Waals surface area contributed by atoms with E-state index in [9.17, 15) is 9.59 Å². The van der Waals surface area contributed by atoms with Crippen molar-refractivity contribution >= 4 is 23.2 Å². The molecular weight excluding hydrogens is 316 g/mol. The molecule has 1 aliphatic rings. The predicted octanol–water partition coefficient (Wildman–Crippen LogP) is 3.45. The van der Waals surface area contributed by atoms with Crippen molar-refractivity contribution in [2.45, 2.75) is 33.2 Å². The molecular formula is C20H22N2O3. The van der Waals surface area contributed by atoms with E-state index in [-0.39, 0.29) is 18.2 Å². The SMILES string of the molecule is CCOc1ccccc1N1C(=O)CC(Nc2cc(C)ccc2C)C1=O. The van der Waals surface area contributed by atoms with E-state index >= 15 is 0 Å². The fourth-order valence-electron chi connectivity index (χ4n) is 3.00. The topological polar surface area (TPSA) is 58.6 Å². The quantitative estimate of drug-likeness (QED) is 0.849. The van der Waals surface area contributed by atoms with Crippen LogP contribution in [0.3, 0.4) is 0 Å². The van der Waals surface area contributed by atoms with Crippen LogP contribution >= 0.6 is 0 Å². The van der Waals surface area contributed by atoms with E-state index in [4.69, 9.17) is 4.74 Å². The van der Waals surface area contributed by atoms with Gasteiger partial charge in [0, 0.05) is 5.69 Å². The molecule has 2 aromatic rings. The number of amides is 2. The Kier molecular flexibility index (Phi) is 4.74. The van der Waals surface area contributed by atoms with Crippen LogP contribution in [0, 0.1) is 13.8 Å². The Labute approximate surface area is 147 Å². The van der Waals surface area contributed by atoms with Crippen molar-refractivity contribution in [1.82, 2.24) is 0 Å². The third-order valence-corrected chi connectivity index (χ3v) is 4.28. The lowest BCUT2D eigenvalue weighted by Crippen LogP contribution is -2.35. The van der Waals surface area contributed by atoms with Crippen molar-refractivity contribution in [1.29, 1.82) is 0 Å². The van der Waals surface area contributed by atoms with E-state index in [1.807, 2.05) is 45.0 Å². The molecule has 130 valence electrons. The van der Waals surface area contributed by atoms with E-state index in [1.165, 1.54) is 4.90 Å². The number of nitrogens with zero attached hydrogens (tertiary/aromatic N) is 1. The first-order valence-electron chi connectivity index (χ1n) is 8.43. The summed E-state index contributed by atoms with van der Waals surface area (Å²) in [7, 11) is 0. The Bertz CT molecular complexity index is 816. The molecule has 2 aromatic carbocycles. The standard InChI is InChI=1S/C20H22N2O3/c1-4-25-18-8-6-5-7-17(18)22-19(23)12-16(20(22)24)21-15-11-13(2)9-10-14(15)3/h5-11,16,21H,4,12H2,1-3H3. The zero-order valence-corrected chi connectivity index (χ0v) is 14.7. The van der Waals surface area contributed by atoms with Gasteiger partial charge in [-0.05, 0) is 50.1 Å². The third-order valence-electron chi connectivity index (χ3n) is 4.28. The maximum atomic E-state index is 12.9. The number of anilines is 2. The lowest BCUT2D eigenvalue weighted by atomic mass is 10.1. The molecule has 1 unspecified atom stereocenters. The second-order valence-corrected chi connectivity index (χ2v) is 6.19. The third kappa shape index (κ3) is 3.36. The summed E-state index contributed by atoms with van der Waals surface area (Å²) in [5.74, 6) is 0.0668. The molecule has 0 aliphatic carbocycles. The van der Waals surface area contributed by atoms with Crippen molar-refractivity contribution in [3.05, 3.63) is 53.6 Å². The Balaban J connectivity index is 1.87. The van der Waals surface area contributed by atoms with Gasteiger partial charge >= 0.3 is 0 Å². The van der Waals surface area contributed by atoms with Crippen molar-refractivity contribution in [3.63, 3.8) is 0 Å². The van der Waals surface area contributed by atoms with Gasteiger partial charge in [0.05, 0.1) is 18.7 Å². The number of hydrogen-bond acceptors (Lipinski definition) is 4. The van der Waals surface area contributed by atoms with Gasteiger partial charge in [0.25, 0.3) is 5.91 Å². The summed E-state index contributed by atoms with van der Waals surface area (Å²) in [5, 5.41) is 3.23. The van der Waals surface area contributed by atoms with Gasteiger partial charge in [-0.15, -0.1) is 0 Å². The molecule has 0 saturated carbocycles. The molecule has 5 nitrogen and oxygen atoms in total. The number of aryl methyl sites for hydroxylation is 2. The molecule has 1 N–H and O–H groups in total. The Morgan fingerprint density at radius 1 is 1.16 bits per heavy atom. The highest BCUT2D eigenvalue weighted by atomic mass is 16.5. The molecule has 0 bridgehead atoms. The fourth-order valence-corrected chi connectivity index (χ4v) is 3.00. The fraction of sp³-hybridized carbons (Fsp3) is 0.300. The molecule has 1 atom stereocenters. The molecule has 5 heteroatoms. The van der Waals surface area contributed by atoms with Crippen molar-refractivity contribution in [2.75, 3.05) is 16.8 Å². The Morgan fingerprint density at radius 2 is 1.92 bits per heavy atom. The summed E-state index contributed by atoms with van der Waals surface area (Å²) >= 11 is 0. The van der Waals surface area contributed by atoms with Crippen molar-refractivity contribution in [3.8, 4) is 5.75 Å². The van der Waals surface area contributed by atoms with Gasteiger partial charge < -0.3 is 10.1 Å². The average molecular weight is 338 g/mol. The lowest BCUT2D eigenvalue weighted by Gasteiger charge is -2.19. The highest BCUT2D eigenvalue weighted by molar-refractivity contribution is 6.23. The first kappa shape index (κ1) is 17.0. The number of para-hydroxylation sites is 2. The second-order valence-electron chi connectivity index (χ2n) is 6.19. The van der Waals surface area contributed by atoms with Crippen LogP contribution in [0.25, 0.3) is 0 Å². The predicted molar refractivity (Wildman–Crippen MR) is 98.0 cm³/mol. The highest BCUT2D eigenvalue weighted by Crippen LogP contribution is 2.33. The van der Waals surface area contributed by atoms with Crippen LogP contribution in [0.2, 0.25) is 0 Å². The Hall–Kier alpha value is -2.82. The number of carbonyl (C=O) groups excluding carboxylic acids is 2. The monoisotopic (exact) mass is 338 g/mol. The lowest BCUT2D eigenvalue weighted by molar-refractivity contribution is -0.121. The normalized spacial score (nSPS) is 17.1. The maximum absolute atomic E-state index is 12.9. The summed E-state index contributed by atoms with van der Waals surface area (Å²) < 4.78 is 5.57. The molecule has 1 saturated heterocycles. The molecule has 1 fully saturated rings. The maximum Gasteiger partial charge on any atom is 0.256 e. The number of hydrogen-bond donors (Lipinski definition) is 1. The van der Waals surface area contributed by atoms with Gasteiger partial charge in [-0.1, -0.05) is 24.3 Å². The van der Waals surface area contributed by atoms with Crippen molar-refractivity contribution in [2.24, 2.45) is 0 Å². The largest absolute Gasteiger partial charge is 0.492 e. The molecule has 0 aromatic heterocycles. The number of nitrogens with one attached hydrogen (secondary N) is 1. The molecule has 1 aliphatic heterocycles. The van der Waals surface area contributed by atoms with Crippen LogP contribution in [-0.2, 0) is 9.59 Å². The number of carbonyl (C=O) groups is 2. The molecule has 3 rings (SSSR count). The molecule has 0 spiro atoms. The summed E-state index contributed by atoms with van der Waals surface area (Å²) in [6.45, 7) is 6.31. The zero-order valence-electron chi connectivity index (χ0n) is 14.7. The molecule has 0 radical (unpaired) electrons. The molecule has 25 heavy (non-hydrogen) atoms. The van der Waals surface area contributed by atoms with Crippen LogP contribution in [0.1, 0.15) is 24.5 Å². The highest BCUT2D eigenvalue weighted by Gasteiger charge is 2.40. The van der Waals surface area contributed by atoms with E-state index in [0.29, 0.717) is 18.0 Å². The van der Waals surface area contributed by atoms with E-state index in [0.717, 1.165) is 16.8 Å². The number of benzene rings is 2. The average Bonchev–Trinajstić information content (AvgIpc) is 2.86. The minimum absolute atomic E-state index is 0.132. The Morgan fingerprint density at radius 3 is 2.68 bits per heavy atom. The van der Waals surface area contributed by atoms with Crippen LogP contribution < -0.4 is 15.0 Å². The zero-order chi connectivity index (χ0) is 18.0. The van der Waals surface area contributed by atoms with Gasteiger partial charge in [0.2, 0.25) is 5.91 Å². The summed E-state index contributed by atoms with van der Waals surface area (Å²) in [6, 6.07) is 12.6. The summed E-state index contributed by atoms with van der Waals surface area (Å²) in [6.07, 6.45) is 0.132.